The molecule has 0 unspecified atom stereocenters. The van der Waals surface area contributed by atoms with Gasteiger partial charge in [0, 0.05) is 0 Å². The van der Waals surface area contributed by atoms with Crippen LogP contribution in [0.1, 0.15) is 0 Å². The Labute approximate surface area is 90.7 Å². The van der Waals surface area contributed by atoms with Crippen LogP contribution in [0, 0.1) is 0 Å². The van der Waals surface area contributed by atoms with Gasteiger partial charge < -0.3 is 0 Å². The summed E-state index contributed by atoms with van der Waals surface area (Å²) >= 11 is 5.78. The minimum Gasteiger partial charge on any atom is -0.297 e. The Morgan fingerprint density at radius 2 is 1.87 bits per heavy atom. The summed E-state index contributed by atoms with van der Waals surface area (Å²) in [5, 5.41) is 0.422. The number of nitrogens with two attached hydrogens (primary N) is 1. The molecule has 7 heteroatoms. The molecule has 0 saturated heterocycles. The third kappa shape index (κ3) is 3.12. The van der Waals surface area contributed by atoms with Gasteiger partial charge in [-0.15, -0.1) is 0 Å². The first-order valence-corrected chi connectivity index (χ1v) is 4.34. The van der Waals surface area contributed by atoms with Crippen molar-refractivity contribution in [2.75, 3.05) is 5.43 Å². The number of carbonyl (C=O) groups excluding carboxylic acids is 2. The number of rotatable bonds is 2. The zero-order chi connectivity index (χ0) is 11.3. The van der Waals surface area contributed by atoms with Crippen LogP contribution in [0.25, 0.3) is 0 Å². The number of amides is 2. The lowest BCUT2D eigenvalue weighted by Gasteiger charge is -2.08. The van der Waals surface area contributed by atoms with Gasteiger partial charge in [-0.1, -0.05) is 23.7 Å². The number of benzene rings is 1. The Hall–Kier alpha value is -1.79. The number of anilines is 1. The molecule has 15 heavy (non-hydrogen) atoms. The van der Waals surface area contributed by atoms with Crippen molar-refractivity contribution in [3.63, 3.8) is 0 Å². The van der Waals surface area contributed by atoms with Crippen LogP contribution in [-0.2, 0) is 9.59 Å². The highest BCUT2D eigenvalue weighted by Gasteiger charge is 2.10. The first-order valence-electron chi connectivity index (χ1n) is 3.96. The van der Waals surface area contributed by atoms with Gasteiger partial charge in [-0.2, -0.15) is 0 Å². The maximum Gasteiger partial charge on any atom is 0.328 e. The normalized spacial score (nSPS) is 9.20. The van der Waals surface area contributed by atoms with Crippen LogP contribution in [0.3, 0.4) is 0 Å². The highest BCUT2D eigenvalue weighted by molar-refractivity contribution is 6.35. The number of hydrogen-bond donors (Lipinski definition) is 4. The summed E-state index contributed by atoms with van der Waals surface area (Å²) in [5.41, 5.74) is 6.78. The minimum atomic E-state index is -0.949. The number of para-hydroxylation sites is 1. The molecule has 80 valence electrons. The molecule has 0 heterocycles. The molecule has 0 saturated carbocycles. The van der Waals surface area contributed by atoms with Gasteiger partial charge in [-0.25, -0.2) is 5.84 Å². The molecule has 2 amide bonds. The van der Waals surface area contributed by atoms with Crippen molar-refractivity contribution < 1.29 is 9.59 Å². The van der Waals surface area contributed by atoms with E-state index in [0.717, 1.165) is 0 Å². The third-order valence-electron chi connectivity index (χ3n) is 1.52. The van der Waals surface area contributed by atoms with Crippen LogP contribution >= 0.6 is 11.6 Å². The first-order chi connectivity index (χ1) is 7.15. The molecular weight excluding hydrogens is 220 g/mol. The Morgan fingerprint density at radius 3 is 2.47 bits per heavy atom. The van der Waals surface area contributed by atoms with Gasteiger partial charge in [-0.3, -0.25) is 25.9 Å². The molecule has 0 aromatic heterocycles. The monoisotopic (exact) mass is 228 g/mol. The predicted molar refractivity (Wildman–Crippen MR) is 55.5 cm³/mol. The van der Waals surface area contributed by atoms with E-state index < -0.39 is 11.8 Å². The average Bonchev–Trinajstić information content (AvgIpc) is 2.26. The van der Waals surface area contributed by atoms with Crippen molar-refractivity contribution in [1.29, 1.82) is 0 Å². The van der Waals surface area contributed by atoms with E-state index in [4.69, 9.17) is 17.4 Å². The summed E-state index contributed by atoms with van der Waals surface area (Å²) in [5.74, 6) is 2.90. The first kappa shape index (κ1) is 11.3. The van der Waals surface area contributed by atoms with Crippen molar-refractivity contribution in [3.05, 3.63) is 29.3 Å². The fourth-order valence-corrected chi connectivity index (χ4v) is 0.992. The molecule has 0 spiro atoms. The van der Waals surface area contributed by atoms with Gasteiger partial charge >= 0.3 is 11.8 Å². The second-order valence-corrected chi connectivity index (χ2v) is 2.94. The maximum atomic E-state index is 10.9. The topological polar surface area (TPSA) is 96.2 Å². The number of hydrogen-bond acceptors (Lipinski definition) is 4. The number of carbonyl (C=O) groups is 2. The second kappa shape index (κ2) is 5.18. The van der Waals surface area contributed by atoms with E-state index in [2.05, 4.69) is 10.9 Å². The molecule has 0 aliphatic carbocycles. The van der Waals surface area contributed by atoms with Crippen LogP contribution in [0.5, 0.6) is 0 Å². The molecule has 0 fully saturated rings. The molecule has 0 aliphatic heterocycles. The fraction of sp³-hybridized carbons (Fsp3) is 0. The Balaban J connectivity index is 2.54. The van der Waals surface area contributed by atoms with Gasteiger partial charge in [0.05, 0.1) is 10.7 Å². The SMILES string of the molecule is NNC(=O)C(=O)NNc1ccccc1Cl. The largest absolute Gasteiger partial charge is 0.328 e. The fourth-order valence-electron chi connectivity index (χ4n) is 0.809. The van der Waals surface area contributed by atoms with Gasteiger partial charge in [-0.05, 0) is 12.1 Å². The van der Waals surface area contributed by atoms with E-state index in [1.54, 1.807) is 29.7 Å². The van der Waals surface area contributed by atoms with Crippen molar-refractivity contribution in [2.45, 2.75) is 0 Å². The lowest BCUT2D eigenvalue weighted by molar-refractivity contribution is -0.138. The lowest BCUT2D eigenvalue weighted by Crippen LogP contribution is -2.45. The van der Waals surface area contributed by atoms with Crippen molar-refractivity contribution in [3.8, 4) is 0 Å². The minimum absolute atomic E-state index is 0.422. The smallest absolute Gasteiger partial charge is 0.297 e. The highest BCUT2D eigenvalue weighted by atomic mass is 35.5. The zero-order valence-corrected chi connectivity index (χ0v) is 8.34. The molecule has 0 aliphatic rings. The van der Waals surface area contributed by atoms with Crippen LogP contribution < -0.4 is 22.1 Å². The third-order valence-corrected chi connectivity index (χ3v) is 1.85. The average molecular weight is 229 g/mol. The zero-order valence-electron chi connectivity index (χ0n) is 7.58. The van der Waals surface area contributed by atoms with E-state index in [0.29, 0.717) is 10.7 Å². The number of hydrazine groups is 2. The summed E-state index contributed by atoms with van der Waals surface area (Å²) in [4.78, 5) is 21.6. The van der Waals surface area contributed by atoms with E-state index >= 15 is 0 Å². The quantitative estimate of drug-likeness (QED) is 0.243. The van der Waals surface area contributed by atoms with Gasteiger partial charge in [0.15, 0.2) is 0 Å². The molecule has 1 aromatic carbocycles. The standard InChI is InChI=1S/C8H9ClN4O2/c9-5-3-1-2-4-6(5)12-13-8(15)7(14)11-10/h1-4,12H,10H2,(H,11,14)(H,13,15). The molecule has 0 atom stereocenters. The Kier molecular flexibility index (Phi) is 3.90. The van der Waals surface area contributed by atoms with Gasteiger partial charge in [0.2, 0.25) is 0 Å². The van der Waals surface area contributed by atoms with Gasteiger partial charge in [0.1, 0.15) is 0 Å². The predicted octanol–water partition coefficient (Wildman–Crippen LogP) is -0.227. The second-order valence-electron chi connectivity index (χ2n) is 2.53. The molecule has 0 radical (unpaired) electrons. The molecule has 1 aromatic rings. The van der Waals surface area contributed by atoms with Crippen LogP contribution in [0.4, 0.5) is 5.69 Å². The van der Waals surface area contributed by atoms with Crippen molar-refractivity contribution >= 4 is 29.1 Å². The van der Waals surface area contributed by atoms with Crippen LogP contribution in [0.15, 0.2) is 24.3 Å². The number of halogens is 1. The number of nitrogens with one attached hydrogen (secondary N) is 3. The Bertz CT molecular complexity index is 383. The summed E-state index contributed by atoms with van der Waals surface area (Å²) in [6.07, 6.45) is 0. The molecule has 0 bridgehead atoms. The Morgan fingerprint density at radius 1 is 1.20 bits per heavy atom. The van der Waals surface area contributed by atoms with E-state index in [1.165, 1.54) is 0 Å². The van der Waals surface area contributed by atoms with Crippen LogP contribution in [-0.4, -0.2) is 11.8 Å². The molecule has 5 N–H and O–H groups in total. The molecule has 6 nitrogen and oxygen atoms in total. The van der Waals surface area contributed by atoms with E-state index in [9.17, 15) is 9.59 Å². The van der Waals surface area contributed by atoms with E-state index in [1.807, 2.05) is 0 Å². The highest BCUT2D eigenvalue weighted by Crippen LogP contribution is 2.19. The van der Waals surface area contributed by atoms with E-state index in [-0.39, 0.29) is 0 Å². The summed E-state index contributed by atoms with van der Waals surface area (Å²) in [6.45, 7) is 0. The lowest BCUT2D eigenvalue weighted by atomic mass is 10.3. The van der Waals surface area contributed by atoms with Crippen molar-refractivity contribution in [1.82, 2.24) is 10.9 Å². The van der Waals surface area contributed by atoms with Crippen LogP contribution in [0.2, 0.25) is 5.02 Å². The summed E-state index contributed by atoms with van der Waals surface area (Å²) in [7, 11) is 0. The molecular formula is C8H9ClN4O2. The van der Waals surface area contributed by atoms with Gasteiger partial charge in [0.25, 0.3) is 0 Å². The summed E-state index contributed by atoms with van der Waals surface area (Å²) < 4.78 is 0. The summed E-state index contributed by atoms with van der Waals surface area (Å²) in [6, 6.07) is 6.74. The van der Waals surface area contributed by atoms with Crippen molar-refractivity contribution in [2.24, 2.45) is 5.84 Å². The molecule has 1 rings (SSSR count). The maximum absolute atomic E-state index is 10.9.